The van der Waals surface area contributed by atoms with Crippen LogP contribution in [0.5, 0.6) is 0 Å². The fraction of sp³-hybridized carbons (Fsp3) is 0.579. The van der Waals surface area contributed by atoms with Crippen LogP contribution in [-0.2, 0) is 16.1 Å². The molecular formula is C19H32N4O2. The first-order valence-corrected chi connectivity index (χ1v) is 8.64. The number of aliphatic imine (C=N–C) groups is 1. The second-order valence-electron chi connectivity index (χ2n) is 7.09. The molecule has 0 atom stereocenters. The smallest absolute Gasteiger partial charge is 0.224 e. The molecule has 0 saturated carbocycles. The molecule has 140 valence electrons. The molecule has 0 unspecified atom stereocenters. The number of amides is 1. The average Bonchev–Trinajstić information content (AvgIpc) is 2.54. The summed E-state index contributed by atoms with van der Waals surface area (Å²) >= 11 is 0. The number of ether oxygens (including phenoxy) is 1. The molecule has 0 fully saturated rings. The van der Waals surface area contributed by atoms with Crippen LogP contribution in [-0.4, -0.2) is 38.2 Å². The van der Waals surface area contributed by atoms with Gasteiger partial charge in [-0.25, -0.2) is 0 Å². The molecule has 3 N–H and O–H groups in total. The van der Waals surface area contributed by atoms with Crippen molar-refractivity contribution < 1.29 is 9.53 Å². The van der Waals surface area contributed by atoms with Gasteiger partial charge in [-0.15, -0.1) is 0 Å². The minimum absolute atomic E-state index is 0.0411. The van der Waals surface area contributed by atoms with Crippen LogP contribution in [0.1, 0.15) is 39.7 Å². The minimum atomic E-state index is -0.266. The quantitative estimate of drug-likeness (QED) is 0.499. The van der Waals surface area contributed by atoms with Crippen molar-refractivity contribution in [2.45, 2.75) is 46.3 Å². The van der Waals surface area contributed by atoms with Gasteiger partial charge in [0, 0.05) is 39.4 Å². The van der Waals surface area contributed by atoms with Gasteiger partial charge in [-0.1, -0.05) is 26.0 Å². The summed E-state index contributed by atoms with van der Waals surface area (Å²) in [6, 6.07) is 7.82. The molecule has 0 aliphatic rings. The van der Waals surface area contributed by atoms with E-state index in [1.807, 2.05) is 52.0 Å². The Morgan fingerprint density at radius 3 is 2.60 bits per heavy atom. The maximum absolute atomic E-state index is 11.9. The molecular weight excluding hydrogens is 316 g/mol. The lowest BCUT2D eigenvalue weighted by atomic mass is 10.1. The van der Waals surface area contributed by atoms with E-state index in [0.29, 0.717) is 31.4 Å². The van der Waals surface area contributed by atoms with E-state index >= 15 is 0 Å². The van der Waals surface area contributed by atoms with Gasteiger partial charge in [0.25, 0.3) is 0 Å². The lowest BCUT2D eigenvalue weighted by Crippen LogP contribution is -2.45. The van der Waals surface area contributed by atoms with Gasteiger partial charge >= 0.3 is 0 Å². The summed E-state index contributed by atoms with van der Waals surface area (Å²) in [6.45, 7) is 9.34. The van der Waals surface area contributed by atoms with Crippen LogP contribution in [0.2, 0.25) is 0 Å². The third-order valence-corrected chi connectivity index (χ3v) is 3.72. The van der Waals surface area contributed by atoms with Gasteiger partial charge in [0.2, 0.25) is 5.91 Å². The van der Waals surface area contributed by atoms with Crippen LogP contribution < -0.4 is 16.0 Å². The number of rotatable bonds is 8. The lowest BCUT2D eigenvalue weighted by molar-refractivity contribution is -0.116. The molecule has 0 aliphatic heterocycles. The van der Waals surface area contributed by atoms with Gasteiger partial charge in [-0.3, -0.25) is 9.79 Å². The van der Waals surface area contributed by atoms with E-state index in [9.17, 15) is 4.79 Å². The molecule has 1 amide bonds. The van der Waals surface area contributed by atoms with Crippen LogP contribution in [0, 0.1) is 5.92 Å². The van der Waals surface area contributed by atoms with E-state index < -0.39 is 0 Å². The third-order valence-electron chi connectivity index (χ3n) is 3.72. The Morgan fingerprint density at radius 2 is 2.00 bits per heavy atom. The summed E-state index contributed by atoms with van der Waals surface area (Å²) < 4.78 is 5.39. The van der Waals surface area contributed by atoms with Crippen LogP contribution in [0.4, 0.5) is 5.69 Å². The Morgan fingerprint density at radius 1 is 1.28 bits per heavy atom. The summed E-state index contributed by atoms with van der Waals surface area (Å²) in [6.07, 6.45) is 0.522. The summed E-state index contributed by atoms with van der Waals surface area (Å²) in [5.74, 6) is 1.09. The van der Waals surface area contributed by atoms with E-state index in [0.717, 1.165) is 11.3 Å². The predicted octanol–water partition coefficient (Wildman–Crippen LogP) is 2.76. The Bertz CT molecular complexity index is 583. The molecule has 0 heterocycles. The highest BCUT2D eigenvalue weighted by molar-refractivity contribution is 5.90. The van der Waals surface area contributed by atoms with Crippen LogP contribution in [0.3, 0.4) is 0 Å². The monoisotopic (exact) mass is 348 g/mol. The predicted molar refractivity (Wildman–Crippen MR) is 104 cm³/mol. The number of methoxy groups -OCH3 is 1. The SMILES string of the molecule is CN=C(NCc1cccc(NC(=O)CC(C)C)c1)NCC(C)(C)OC. The zero-order chi connectivity index (χ0) is 18.9. The standard InChI is InChI=1S/C19H32N4O2/c1-14(2)10-17(24)23-16-9-7-8-15(11-16)12-21-18(20-5)22-13-19(3,4)25-6/h7-9,11,14H,10,12-13H2,1-6H3,(H,23,24)(H2,20,21,22). The second-order valence-corrected chi connectivity index (χ2v) is 7.09. The Labute approximate surface area is 151 Å². The zero-order valence-corrected chi connectivity index (χ0v) is 16.3. The summed E-state index contributed by atoms with van der Waals surface area (Å²) in [5.41, 5.74) is 1.61. The Hall–Kier alpha value is -2.08. The zero-order valence-electron chi connectivity index (χ0n) is 16.3. The molecule has 0 bridgehead atoms. The summed E-state index contributed by atoms with van der Waals surface area (Å²) in [4.78, 5) is 16.1. The molecule has 1 rings (SSSR count). The average molecular weight is 348 g/mol. The first kappa shape index (κ1) is 21.0. The highest BCUT2D eigenvalue weighted by Crippen LogP contribution is 2.12. The first-order chi connectivity index (χ1) is 11.8. The molecule has 0 radical (unpaired) electrons. The number of carbonyl (C=O) groups excluding carboxylic acids is 1. The third kappa shape index (κ3) is 8.54. The number of hydrogen-bond acceptors (Lipinski definition) is 3. The molecule has 0 aromatic heterocycles. The van der Waals surface area contributed by atoms with Crippen molar-refractivity contribution >= 4 is 17.6 Å². The fourth-order valence-corrected chi connectivity index (χ4v) is 2.12. The van der Waals surface area contributed by atoms with Crippen molar-refractivity contribution in [2.24, 2.45) is 10.9 Å². The summed E-state index contributed by atoms with van der Waals surface area (Å²) in [5, 5.41) is 9.45. The molecule has 6 heteroatoms. The molecule has 6 nitrogen and oxygen atoms in total. The van der Waals surface area contributed by atoms with Crippen molar-refractivity contribution in [1.29, 1.82) is 0 Å². The molecule has 0 saturated heterocycles. The molecule has 0 spiro atoms. The molecule has 25 heavy (non-hydrogen) atoms. The number of anilines is 1. The van der Waals surface area contributed by atoms with Crippen molar-refractivity contribution in [2.75, 3.05) is 26.0 Å². The van der Waals surface area contributed by atoms with Crippen LogP contribution in [0.15, 0.2) is 29.3 Å². The van der Waals surface area contributed by atoms with Gasteiger partial charge in [-0.2, -0.15) is 0 Å². The number of nitrogens with one attached hydrogen (secondary N) is 3. The minimum Gasteiger partial charge on any atom is -0.377 e. The fourth-order valence-electron chi connectivity index (χ4n) is 2.12. The highest BCUT2D eigenvalue weighted by Gasteiger charge is 2.16. The first-order valence-electron chi connectivity index (χ1n) is 8.64. The summed E-state index contributed by atoms with van der Waals surface area (Å²) in [7, 11) is 3.43. The Balaban J connectivity index is 2.56. The topological polar surface area (TPSA) is 74.8 Å². The lowest BCUT2D eigenvalue weighted by Gasteiger charge is -2.24. The number of carbonyl (C=O) groups is 1. The molecule has 1 aromatic carbocycles. The van der Waals surface area contributed by atoms with Crippen molar-refractivity contribution in [1.82, 2.24) is 10.6 Å². The number of nitrogens with zero attached hydrogens (tertiary/aromatic N) is 1. The van der Waals surface area contributed by atoms with Crippen molar-refractivity contribution in [3.8, 4) is 0 Å². The number of guanidine groups is 1. The largest absolute Gasteiger partial charge is 0.377 e. The van der Waals surface area contributed by atoms with Crippen LogP contribution >= 0.6 is 0 Å². The second kappa shape index (κ2) is 10.0. The van der Waals surface area contributed by atoms with Crippen LogP contribution in [0.25, 0.3) is 0 Å². The van der Waals surface area contributed by atoms with E-state index in [1.54, 1.807) is 14.2 Å². The van der Waals surface area contributed by atoms with Gasteiger partial charge < -0.3 is 20.7 Å². The van der Waals surface area contributed by atoms with Gasteiger partial charge in [0.1, 0.15) is 0 Å². The number of benzene rings is 1. The molecule has 0 aliphatic carbocycles. The normalized spacial score (nSPS) is 12.2. The van der Waals surface area contributed by atoms with Gasteiger partial charge in [-0.05, 0) is 37.5 Å². The van der Waals surface area contributed by atoms with Gasteiger partial charge in [0.15, 0.2) is 5.96 Å². The van der Waals surface area contributed by atoms with Crippen molar-refractivity contribution in [3.05, 3.63) is 29.8 Å². The number of hydrogen-bond donors (Lipinski definition) is 3. The van der Waals surface area contributed by atoms with E-state index in [4.69, 9.17) is 4.74 Å². The Kier molecular flexibility index (Phi) is 8.41. The van der Waals surface area contributed by atoms with E-state index in [2.05, 4.69) is 20.9 Å². The highest BCUT2D eigenvalue weighted by atomic mass is 16.5. The van der Waals surface area contributed by atoms with E-state index in [1.165, 1.54) is 0 Å². The maximum Gasteiger partial charge on any atom is 0.224 e. The van der Waals surface area contributed by atoms with Gasteiger partial charge in [0.05, 0.1) is 5.60 Å². The maximum atomic E-state index is 11.9. The van der Waals surface area contributed by atoms with E-state index in [-0.39, 0.29) is 11.5 Å². The molecule has 1 aromatic rings. The van der Waals surface area contributed by atoms with Crippen molar-refractivity contribution in [3.63, 3.8) is 0 Å².